The number of hydrogen-bond acceptors (Lipinski definition) is 6. The van der Waals surface area contributed by atoms with Crippen LogP contribution in [-0.4, -0.2) is 15.0 Å². The molecule has 0 aliphatic carbocycles. The molecule has 0 bridgehead atoms. The minimum absolute atomic E-state index is 0.0449. The number of nitrogens with two attached hydrogens (primary N) is 2. The molecule has 1 aromatic carbocycles. The Kier molecular flexibility index (Phi) is 4.59. The molecule has 0 saturated carbocycles. The summed E-state index contributed by atoms with van der Waals surface area (Å²) in [5.41, 5.74) is 11.9. The minimum Gasteiger partial charge on any atom is -0.382 e. The van der Waals surface area contributed by atoms with E-state index in [9.17, 15) is 18.4 Å². The van der Waals surface area contributed by atoms with Gasteiger partial charge in [0.15, 0.2) is 0 Å². The van der Waals surface area contributed by atoms with Crippen molar-refractivity contribution >= 4 is 23.4 Å². The van der Waals surface area contributed by atoms with E-state index in [2.05, 4.69) is 15.0 Å². The first-order valence-electron chi connectivity index (χ1n) is 7.37. The van der Waals surface area contributed by atoms with Crippen LogP contribution in [0.5, 0.6) is 0 Å². The number of nitrogen functional groups attached to an aromatic ring is 2. The van der Waals surface area contributed by atoms with Gasteiger partial charge >= 0.3 is 6.18 Å². The zero-order valence-corrected chi connectivity index (χ0v) is 14.2. The number of benzene rings is 1. The lowest BCUT2D eigenvalue weighted by atomic mass is 10.0. The van der Waals surface area contributed by atoms with E-state index in [0.717, 1.165) is 6.07 Å². The van der Waals surface area contributed by atoms with Gasteiger partial charge in [0.1, 0.15) is 17.5 Å². The Morgan fingerprint density at radius 1 is 1.00 bits per heavy atom. The minimum atomic E-state index is -4.53. The molecule has 0 unspecified atom stereocenters. The zero-order valence-electron chi connectivity index (χ0n) is 13.4. The van der Waals surface area contributed by atoms with Crippen molar-refractivity contribution in [1.82, 2.24) is 15.0 Å². The molecule has 136 valence electrons. The molecule has 0 amide bonds. The van der Waals surface area contributed by atoms with Crippen LogP contribution < -0.4 is 11.5 Å². The summed E-state index contributed by atoms with van der Waals surface area (Å²) in [6.07, 6.45) is -3.81. The molecule has 27 heavy (non-hydrogen) atoms. The van der Waals surface area contributed by atoms with Crippen LogP contribution in [0.4, 0.5) is 24.9 Å². The predicted octanol–water partition coefficient (Wildman–Crippen LogP) is 3.91. The highest BCUT2D eigenvalue weighted by molar-refractivity contribution is 6.33. The number of halogens is 4. The largest absolute Gasteiger partial charge is 0.417 e. The van der Waals surface area contributed by atoms with Crippen LogP contribution >= 0.6 is 11.6 Å². The maximum atomic E-state index is 12.7. The number of hydrogen-bond donors (Lipinski definition) is 2. The zero-order chi connectivity index (χ0) is 19.8. The number of rotatable bonds is 2. The summed E-state index contributed by atoms with van der Waals surface area (Å²) >= 11 is 5.96. The lowest BCUT2D eigenvalue weighted by molar-refractivity contribution is -0.137. The monoisotopic (exact) mass is 390 g/mol. The van der Waals surface area contributed by atoms with E-state index in [1.807, 2.05) is 6.07 Å². The predicted molar refractivity (Wildman–Crippen MR) is 94.3 cm³/mol. The van der Waals surface area contributed by atoms with Gasteiger partial charge in [-0.2, -0.15) is 23.4 Å². The van der Waals surface area contributed by atoms with Gasteiger partial charge in [-0.1, -0.05) is 35.9 Å². The smallest absolute Gasteiger partial charge is 0.382 e. The molecule has 4 N–H and O–H groups in total. The maximum absolute atomic E-state index is 12.7. The summed E-state index contributed by atoms with van der Waals surface area (Å²) in [5.74, 6) is -0.130. The number of anilines is 2. The maximum Gasteiger partial charge on any atom is 0.417 e. The van der Waals surface area contributed by atoms with E-state index in [1.54, 1.807) is 24.3 Å². The van der Waals surface area contributed by atoms with Crippen molar-refractivity contribution in [3.05, 3.63) is 52.7 Å². The summed E-state index contributed by atoms with van der Waals surface area (Å²) in [4.78, 5) is 11.6. The van der Waals surface area contributed by atoms with E-state index in [-0.39, 0.29) is 33.7 Å². The fourth-order valence-corrected chi connectivity index (χ4v) is 2.68. The number of aromatic nitrogens is 3. The molecular weight excluding hydrogens is 381 g/mol. The van der Waals surface area contributed by atoms with Crippen molar-refractivity contribution in [3.63, 3.8) is 0 Å². The van der Waals surface area contributed by atoms with Crippen LogP contribution in [0.15, 0.2) is 36.5 Å². The fourth-order valence-electron chi connectivity index (χ4n) is 2.41. The Hall–Kier alpha value is -3.38. The molecular formula is C17H10ClF3N6. The molecule has 0 radical (unpaired) electrons. The second-order valence-corrected chi connectivity index (χ2v) is 5.84. The van der Waals surface area contributed by atoms with Crippen LogP contribution in [0.25, 0.3) is 22.5 Å². The lowest BCUT2D eigenvalue weighted by Gasteiger charge is -2.10. The number of pyridine rings is 1. The summed E-state index contributed by atoms with van der Waals surface area (Å²) in [6, 6.07) is 9.12. The van der Waals surface area contributed by atoms with Crippen LogP contribution in [0.1, 0.15) is 11.1 Å². The first-order valence-corrected chi connectivity index (χ1v) is 7.75. The molecule has 0 aliphatic rings. The van der Waals surface area contributed by atoms with Gasteiger partial charge in [0.25, 0.3) is 0 Å². The molecule has 2 heterocycles. The van der Waals surface area contributed by atoms with Crippen molar-refractivity contribution in [3.8, 4) is 28.6 Å². The van der Waals surface area contributed by atoms with Crippen molar-refractivity contribution < 1.29 is 13.2 Å². The molecule has 3 aromatic rings. The highest BCUT2D eigenvalue weighted by atomic mass is 35.5. The van der Waals surface area contributed by atoms with Crippen molar-refractivity contribution in [2.75, 3.05) is 11.5 Å². The van der Waals surface area contributed by atoms with Crippen molar-refractivity contribution in [1.29, 1.82) is 5.26 Å². The third kappa shape index (κ3) is 3.61. The van der Waals surface area contributed by atoms with Gasteiger partial charge in [0.2, 0.25) is 5.95 Å². The summed E-state index contributed by atoms with van der Waals surface area (Å²) < 4.78 is 38.2. The Morgan fingerprint density at radius 3 is 2.11 bits per heavy atom. The second-order valence-electron chi connectivity index (χ2n) is 5.43. The molecule has 0 atom stereocenters. The van der Waals surface area contributed by atoms with E-state index in [0.29, 0.717) is 17.3 Å². The molecule has 10 heteroatoms. The first kappa shape index (κ1) is 18.4. The van der Waals surface area contributed by atoms with E-state index >= 15 is 0 Å². The van der Waals surface area contributed by atoms with Gasteiger partial charge in [-0.05, 0) is 6.07 Å². The SMILES string of the molecule is N#Cc1c(N)nc(N)nc1-c1ccc(-c2ncc(C(F)(F)F)cc2Cl)cc1. The Morgan fingerprint density at radius 2 is 1.59 bits per heavy atom. The molecule has 0 fully saturated rings. The quantitative estimate of drug-likeness (QED) is 0.685. The van der Waals surface area contributed by atoms with Crippen LogP contribution in [0, 0.1) is 11.3 Å². The average Bonchev–Trinajstić information content (AvgIpc) is 2.60. The topological polar surface area (TPSA) is 114 Å². The summed E-state index contributed by atoms with van der Waals surface area (Å²) in [6.45, 7) is 0. The summed E-state index contributed by atoms with van der Waals surface area (Å²) in [5, 5.41) is 9.11. The van der Waals surface area contributed by atoms with Crippen LogP contribution in [-0.2, 0) is 6.18 Å². The second kappa shape index (κ2) is 6.74. The van der Waals surface area contributed by atoms with Crippen LogP contribution in [0.3, 0.4) is 0 Å². The van der Waals surface area contributed by atoms with Crippen molar-refractivity contribution in [2.45, 2.75) is 6.18 Å². The summed E-state index contributed by atoms with van der Waals surface area (Å²) in [7, 11) is 0. The Labute approximate surface area is 156 Å². The number of nitriles is 1. The normalized spacial score (nSPS) is 11.2. The van der Waals surface area contributed by atoms with E-state index in [1.165, 1.54) is 0 Å². The number of alkyl halides is 3. The highest BCUT2D eigenvalue weighted by Gasteiger charge is 2.31. The Balaban J connectivity index is 2.02. The number of nitrogens with zero attached hydrogens (tertiary/aromatic N) is 4. The standard InChI is InChI=1S/C17H10ClF3N6/c18-12-5-10(17(19,20)21)7-25-14(12)9-3-1-8(2-4-9)13-11(6-22)15(23)27-16(24)26-13/h1-5,7H,(H4,23,24,26,27). The lowest BCUT2D eigenvalue weighted by Crippen LogP contribution is -2.06. The Bertz CT molecular complexity index is 1060. The third-order valence-electron chi connectivity index (χ3n) is 3.67. The molecule has 6 nitrogen and oxygen atoms in total. The van der Waals surface area contributed by atoms with Gasteiger partial charge in [0, 0.05) is 17.3 Å². The van der Waals surface area contributed by atoms with E-state index in [4.69, 9.17) is 23.1 Å². The first-order chi connectivity index (χ1) is 12.7. The average molecular weight is 391 g/mol. The van der Waals surface area contributed by atoms with Gasteiger partial charge < -0.3 is 11.5 Å². The van der Waals surface area contributed by atoms with Crippen molar-refractivity contribution in [2.24, 2.45) is 0 Å². The molecule has 2 aromatic heterocycles. The van der Waals surface area contributed by atoms with E-state index < -0.39 is 11.7 Å². The third-order valence-corrected chi connectivity index (χ3v) is 3.95. The van der Waals surface area contributed by atoms with Gasteiger partial charge in [-0.3, -0.25) is 4.98 Å². The molecule has 0 aliphatic heterocycles. The van der Waals surface area contributed by atoms with Crippen LogP contribution in [0.2, 0.25) is 5.02 Å². The van der Waals surface area contributed by atoms with Gasteiger partial charge in [-0.25, -0.2) is 4.98 Å². The molecule has 3 rings (SSSR count). The molecule has 0 spiro atoms. The molecule has 0 saturated heterocycles. The highest BCUT2D eigenvalue weighted by Crippen LogP contribution is 2.35. The fraction of sp³-hybridized carbons (Fsp3) is 0.0588. The van der Waals surface area contributed by atoms with Gasteiger partial charge in [0.05, 0.1) is 22.0 Å². The van der Waals surface area contributed by atoms with Gasteiger partial charge in [-0.15, -0.1) is 0 Å².